The average molecular weight is 317 g/mol. The van der Waals surface area contributed by atoms with Gasteiger partial charge in [-0.1, -0.05) is 0 Å². The summed E-state index contributed by atoms with van der Waals surface area (Å²) < 4.78 is 19.2. The number of halogens is 1. The summed E-state index contributed by atoms with van der Waals surface area (Å²) in [6.07, 6.45) is 4.86. The fourth-order valence-corrected chi connectivity index (χ4v) is 3.49. The number of likely N-dealkylation sites (tertiary alicyclic amines) is 1. The summed E-state index contributed by atoms with van der Waals surface area (Å²) >= 11 is 0. The number of rotatable bonds is 5. The van der Waals surface area contributed by atoms with Gasteiger partial charge < -0.3 is 14.5 Å². The van der Waals surface area contributed by atoms with Crippen LogP contribution in [0.4, 0.5) is 10.1 Å². The normalized spacial score (nSPS) is 19.9. The molecule has 2 aliphatic rings. The second-order valence-electron chi connectivity index (χ2n) is 6.38. The molecule has 0 spiro atoms. The smallest absolute Gasteiger partial charge is 0.124 e. The molecule has 124 valence electrons. The molecule has 4 nitrogen and oxygen atoms in total. The highest BCUT2D eigenvalue weighted by Gasteiger charge is 2.22. The Morgan fingerprint density at radius 1 is 1.17 bits per heavy atom. The van der Waals surface area contributed by atoms with E-state index in [1.807, 2.05) is 0 Å². The second kappa shape index (κ2) is 7.76. The SMILES string of the molecule is N#Cc1cc(F)ccc1N1CCC(OCCN2CCCC2)CC1. The van der Waals surface area contributed by atoms with Gasteiger partial charge in [0.15, 0.2) is 0 Å². The third-order valence-electron chi connectivity index (χ3n) is 4.82. The van der Waals surface area contributed by atoms with Crippen LogP contribution in [0.25, 0.3) is 0 Å². The van der Waals surface area contributed by atoms with E-state index >= 15 is 0 Å². The van der Waals surface area contributed by atoms with Gasteiger partial charge >= 0.3 is 0 Å². The van der Waals surface area contributed by atoms with Crippen LogP contribution >= 0.6 is 0 Å². The lowest BCUT2D eigenvalue weighted by atomic mass is 10.1. The van der Waals surface area contributed by atoms with Crippen LogP contribution in [0.5, 0.6) is 0 Å². The molecule has 0 saturated carbocycles. The van der Waals surface area contributed by atoms with Crippen LogP contribution in [0.15, 0.2) is 18.2 Å². The van der Waals surface area contributed by atoms with Crippen molar-refractivity contribution in [3.63, 3.8) is 0 Å². The molecule has 2 fully saturated rings. The average Bonchev–Trinajstić information content (AvgIpc) is 3.09. The molecule has 2 saturated heterocycles. The van der Waals surface area contributed by atoms with Crippen molar-refractivity contribution in [2.24, 2.45) is 0 Å². The third kappa shape index (κ3) is 4.21. The highest BCUT2D eigenvalue weighted by atomic mass is 19.1. The summed E-state index contributed by atoms with van der Waals surface area (Å²) in [5.74, 6) is -0.356. The zero-order valence-corrected chi connectivity index (χ0v) is 13.5. The van der Waals surface area contributed by atoms with Crippen LogP contribution in [0.1, 0.15) is 31.2 Å². The number of hydrogen-bond acceptors (Lipinski definition) is 4. The molecule has 0 radical (unpaired) electrons. The molecule has 23 heavy (non-hydrogen) atoms. The Morgan fingerprint density at radius 3 is 2.61 bits per heavy atom. The lowest BCUT2D eigenvalue weighted by Gasteiger charge is -2.34. The van der Waals surface area contributed by atoms with E-state index in [1.54, 1.807) is 6.07 Å². The van der Waals surface area contributed by atoms with Crippen LogP contribution in [-0.4, -0.2) is 50.3 Å². The number of benzene rings is 1. The Labute approximate surface area is 137 Å². The number of nitriles is 1. The number of ether oxygens (including phenoxy) is 1. The predicted molar refractivity (Wildman–Crippen MR) is 88.0 cm³/mol. The number of piperidine rings is 1. The minimum atomic E-state index is -0.356. The fourth-order valence-electron chi connectivity index (χ4n) is 3.49. The maximum absolute atomic E-state index is 13.2. The molecule has 0 bridgehead atoms. The van der Waals surface area contributed by atoms with Crippen LogP contribution in [0, 0.1) is 17.1 Å². The highest BCUT2D eigenvalue weighted by Crippen LogP contribution is 2.25. The van der Waals surface area contributed by atoms with Crippen molar-refractivity contribution in [2.45, 2.75) is 31.8 Å². The molecule has 0 atom stereocenters. The van der Waals surface area contributed by atoms with Crippen molar-refractivity contribution in [1.82, 2.24) is 4.90 Å². The van der Waals surface area contributed by atoms with Crippen molar-refractivity contribution < 1.29 is 9.13 Å². The molecule has 2 heterocycles. The van der Waals surface area contributed by atoms with E-state index in [0.29, 0.717) is 11.7 Å². The summed E-state index contributed by atoms with van der Waals surface area (Å²) in [6, 6.07) is 6.54. The van der Waals surface area contributed by atoms with Crippen LogP contribution < -0.4 is 4.90 Å². The first-order chi connectivity index (χ1) is 11.3. The van der Waals surface area contributed by atoms with Gasteiger partial charge in [0.2, 0.25) is 0 Å². The van der Waals surface area contributed by atoms with Crippen molar-refractivity contribution >= 4 is 5.69 Å². The van der Waals surface area contributed by atoms with Crippen LogP contribution in [0.3, 0.4) is 0 Å². The van der Waals surface area contributed by atoms with Crippen molar-refractivity contribution in [1.29, 1.82) is 5.26 Å². The molecule has 0 aliphatic carbocycles. The third-order valence-corrected chi connectivity index (χ3v) is 4.82. The fraction of sp³-hybridized carbons (Fsp3) is 0.611. The molecule has 0 aromatic heterocycles. The maximum Gasteiger partial charge on any atom is 0.124 e. The summed E-state index contributed by atoms with van der Waals surface area (Å²) in [5, 5.41) is 9.17. The predicted octanol–water partition coefficient (Wildman–Crippen LogP) is 2.78. The van der Waals surface area contributed by atoms with Crippen LogP contribution in [0.2, 0.25) is 0 Å². The largest absolute Gasteiger partial charge is 0.377 e. The Morgan fingerprint density at radius 2 is 1.91 bits per heavy atom. The molecule has 5 heteroatoms. The lowest BCUT2D eigenvalue weighted by molar-refractivity contribution is 0.0266. The molecule has 3 rings (SSSR count). The van der Waals surface area contributed by atoms with E-state index in [-0.39, 0.29) is 5.82 Å². The monoisotopic (exact) mass is 317 g/mol. The van der Waals surface area contributed by atoms with Gasteiger partial charge in [-0.2, -0.15) is 5.26 Å². The first kappa shape index (κ1) is 16.2. The van der Waals surface area contributed by atoms with E-state index in [1.165, 1.54) is 38.1 Å². The van der Waals surface area contributed by atoms with Crippen molar-refractivity contribution in [2.75, 3.05) is 44.2 Å². The standard InChI is InChI=1S/C18H24FN3O/c19-16-3-4-18(15(13-16)14-20)22-9-5-17(6-10-22)23-12-11-21-7-1-2-8-21/h3-4,13,17H,1-2,5-12H2. The van der Waals surface area contributed by atoms with Gasteiger partial charge in [0.25, 0.3) is 0 Å². The Kier molecular flexibility index (Phi) is 5.47. The Balaban J connectivity index is 1.46. The van der Waals surface area contributed by atoms with E-state index in [0.717, 1.165) is 44.8 Å². The van der Waals surface area contributed by atoms with Gasteiger partial charge in [-0.05, 0) is 57.0 Å². The molecular weight excluding hydrogens is 293 g/mol. The van der Waals surface area contributed by atoms with E-state index in [4.69, 9.17) is 4.74 Å². The quantitative estimate of drug-likeness (QED) is 0.837. The van der Waals surface area contributed by atoms with Crippen molar-refractivity contribution in [3.05, 3.63) is 29.6 Å². The minimum absolute atomic E-state index is 0.305. The van der Waals surface area contributed by atoms with Gasteiger partial charge in [0.1, 0.15) is 11.9 Å². The molecule has 2 aliphatic heterocycles. The van der Waals surface area contributed by atoms with E-state index in [9.17, 15) is 9.65 Å². The number of anilines is 1. The second-order valence-corrected chi connectivity index (χ2v) is 6.38. The number of nitrogens with zero attached hydrogens (tertiary/aromatic N) is 3. The maximum atomic E-state index is 13.2. The Bertz CT molecular complexity index is 558. The van der Waals surface area contributed by atoms with Gasteiger partial charge in [0, 0.05) is 19.6 Å². The summed E-state index contributed by atoms with van der Waals surface area (Å²) in [4.78, 5) is 4.63. The zero-order chi connectivity index (χ0) is 16.1. The summed E-state index contributed by atoms with van der Waals surface area (Å²) in [6.45, 7) is 5.98. The van der Waals surface area contributed by atoms with E-state index < -0.39 is 0 Å². The molecular formula is C18H24FN3O. The molecule has 0 N–H and O–H groups in total. The molecule has 0 unspecified atom stereocenters. The lowest BCUT2D eigenvalue weighted by Crippen LogP contribution is -2.38. The van der Waals surface area contributed by atoms with Gasteiger partial charge in [-0.15, -0.1) is 0 Å². The molecule has 1 aromatic carbocycles. The number of hydrogen-bond donors (Lipinski definition) is 0. The van der Waals surface area contributed by atoms with Crippen LogP contribution in [-0.2, 0) is 4.74 Å². The first-order valence-electron chi connectivity index (χ1n) is 8.55. The van der Waals surface area contributed by atoms with Gasteiger partial charge in [-0.3, -0.25) is 0 Å². The van der Waals surface area contributed by atoms with Gasteiger partial charge in [0.05, 0.1) is 24.0 Å². The first-order valence-corrected chi connectivity index (χ1v) is 8.55. The Hall–Kier alpha value is -1.64. The topological polar surface area (TPSA) is 39.5 Å². The zero-order valence-electron chi connectivity index (χ0n) is 13.5. The van der Waals surface area contributed by atoms with Gasteiger partial charge in [-0.25, -0.2) is 4.39 Å². The molecule has 0 amide bonds. The minimum Gasteiger partial charge on any atom is -0.377 e. The van der Waals surface area contributed by atoms with Crippen molar-refractivity contribution in [3.8, 4) is 6.07 Å². The summed E-state index contributed by atoms with van der Waals surface area (Å²) in [7, 11) is 0. The highest BCUT2D eigenvalue weighted by molar-refractivity contribution is 5.59. The summed E-state index contributed by atoms with van der Waals surface area (Å²) in [5.41, 5.74) is 1.25. The molecule has 1 aromatic rings. The van der Waals surface area contributed by atoms with E-state index in [2.05, 4.69) is 15.9 Å².